The third-order valence-corrected chi connectivity index (χ3v) is 3.32. The second-order valence-electron chi connectivity index (χ2n) is 3.91. The van der Waals surface area contributed by atoms with Crippen LogP contribution >= 0.6 is 15.9 Å². The van der Waals surface area contributed by atoms with E-state index in [1.54, 1.807) is 17.2 Å². The van der Waals surface area contributed by atoms with Gasteiger partial charge in [-0.2, -0.15) is 0 Å². The van der Waals surface area contributed by atoms with Crippen LogP contribution in [0.3, 0.4) is 0 Å². The number of esters is 1. The minimum atomic E-state index is -0.449. The number of amides is 1. The van der Waals surface area contributed by atoms with Crippen LogP contribution in [-0.4, -0.2) is 41.5 Å². The van der Waals surface area contributed by atoms with Crippen LogP contribution in [0.4, 0.5) is 0 Å². The fourth-order valence-electron chi connectivity index (χ4n) is 2.04. The highest BCUT2D eigenvalue weighted by atomic mass is 79.9. The number of rotatable bonds is 2. The minimum absolute atomic E-state index is 0.163. The summed E-state index contributed by atoms with van der Waals surface area (Å²) in [4.78, 5) is 28.1. The van der Waals surface area contributed by atoms with Crippen molar-refractivity contribution in [3.05, 3.63) is 22.4 Å². The molecule has 0 spiro atoms. The lowest BCUT2D eigenvalue weighted by molar-refractivity contribution is -0.145. The number of nitrogens with zero attached hydrogens (tertiary/aromatic N) is 1. The summed E-state index contributed by atoms with van der Waals surface area (Å²) in [5.41, 5.74) is 0.479. The van der Waals surface area contributed by atoms with Gasteiger partial charge < -0.3 is 14.6 Å². The van der Waals surface area contributed by atoms with Crippen molar-refractivity contribution in [2.45, 2.75) is 18.9 Å². The van der Waals surface area contributed by atoms with Crippen molar-refractivity contribution >= 4 is 27.8 Å². The van der Waals surface area contributed by atoms with E-state index in [0.717, 1.165) is 10.9 Å². The normalized spacial score (nSPS) is 19.4. The van der Waals surface area contributed by atoms with E-state index in [0.29, 0.717) is 18.7 Å². The Morgan fingerprint density at radius 1 is 1.59 bits per heavy atom. The molecular weight excluding hydrogens is 288 g/mol. The fraction of sp³-hybridized carbons (Fsp3) is 0.455. The third-order valence-electron chi connectivity index (χ3n) is 2.87. The lowest BCUT2D eigenvalue weighted by Crippen LogP contribution is -2.41. The van der Waals surface area contributed by atoms with E-state index in [1.165, 1.54) is 7.11 Å². The highest BCUT2D eigenvalue weighted by Crippen LogP contribution is 2.21. The average molecular weight is 301 g/mol. The Morgan fingerprint density at radius 3 is 2.94 bits per heavy atom. The summed E-state index contributed by atoms with van der Waals surface area (Å²) < 4.78 is 5.52. The first-order chi connectivity index (χ1) is 8.13. The molecule has 0 aliphatic carbocycles. The number of carbonyl (C=O) groups excluding carboxylic acids is 2. The van der Waals surface area contributed by atoms with Crippen LogP contribution in [-0.2, 0) is 9.53 Å². The highest BCUT2D eigenvalue weighted by molar-refractivity contribution is 9.10. The summed E-state index contributed by atoms with van der Waals surface area (Å²) in [5, 5.41) is 0. The summed E-state index contributed by atoms with van der Waals surface area (Å²) in [7, 11) is 1.34. The molecule has 6 heteroatoms. The van der Waals surface area contributed by atoms with Crippen LogP contribution in [0.1, 0.15) is 23.3 Å². The number of likely N-dealkylation sites (tertiary alicyclic amines) is 1. The van der Waals surface area contributed by atoms with E-state index in [2.05, 4.69) is 20.9 Å². The van der Waals surface area contributed by atoms with Crippen molar-refractivity contribution in [2.24, 2.45) is 0 Å². The van der Waals surface area contributed by atoms with E-state index in [4.69, 9.17) is 4.74 Å². The Bertz CT molecular complexity index is 444. The monoisotopic (exact) mass is 300 g/mol. The number of hydrogen-bond donors (Lipinski definition) is 1. The van der Waals surface area contributed by atoms with Crippen LogP contribution in [0.5, 0.6) is 0 Å². The van der Waals surface area contributed by atoms with Gasteiger partial charge in [-0.15, -0.1) is 0 Å². The van der Waals surface area contributed by atoms with Gasteiger partial charge in [-0.05, 0) is 34.8 Å². The van der Waals surface area contributed by atoms with Gasteiger partial charge >= 0.3 is 5.97 Å². The number of carbonyl (C=O) groups is 2. The molecule has 1 saturated heterocycles. The predicted octanol–water partition coefficient (Wildman–Crippen LogP) is 1.55. The molecule has 5 nitrogen and oxygen atoms in total. The number of aromatic nitrogens is 1. The van der Waals surface area contributed by atoms with Crippen LogP contribution in [0.25, 0.3) is 0 Å². The quantitative estimate of drug-likeness (QED) is 0.843. The van der Waals surface area contributed by atoms with Gasteiger partial charge in [-0.25, -0.2) is 4.79 Å². The fourth-order valence-corrected chi connectivity index (χ4v) is 2.38. The Morgan fingerprint density at radius 2 is 2.35 bits per heavy atom. The van der Waals surface area contributed by atoms with E-state index in [9.17, 15) is 9.59 Å². The first kappa shape index (κ1) is 12.2. The maximum absolute atomic E-state index is 12.2. The number of aromatic amines is 1. The Labute approximate surface area is 107 Å². The highest BCUT2D eigenvalue weighted by Gasteiger charge is 2.35. The molecular formula is C11H13BrN2O3. The number of H-pyrrole nitrogens is 1. The van der Waals surface area contributed by atoms with Crippen molar-refractivity contribution in [1.29, 1.82) is 0 Å². The van der Waals surface area contributed by atoms with Crippen molar-refractivity contribution in [3.8, 4) is 0 Å². The molecule has 2 heterocycles. The van der Waals surface area contributed by atoms with Crippen LogP contribution in [0.2, 0.25) is 0 Å². The molecule has 1 atom stereocenters. The number of methoxy groups -OCH3 is 1. The van der Waals surface area contributed by atoms with E-state index >= 15 is 0 Å². The first-order valence-corrected chi connectivity index (χ1v) is 6.15. The Hall–Kier alpha value is -1.30. The first-order valence-electron chi connectivity index (χ1n) is 5.36. The Kier molecular flexibility index (Phi) is 3.51. The summed E-state index contributed by atoms with van der Waals surface area (Å²) in [6.45, 7) is 0.592. The molecule has 1 N–H and O–H groups in total. The molecule has 2 rings (SSSR count). The van der Waals surface area contributed by atoms with Crippen LogP contribution < -0.4 is 0 Å². The molecule has 0 saturated carbocycles. The zero-order valence-corrected chi connectivity index (χ0v) is 11.0. The van der Waals surface area contributed by atoms with Gasteiger partial charge in [0, 0.05) is 17.2 Å². The zero-order chi connectivity index (χ0) is 12.4. The second-order valence-corrected chi connectivity index (χ2v) is 4.83. The van der Waals surface area contributed by atoms with Crippen molar-refractivity contribution in [2.75, 3.05) is 13.7 Å². The van der Waals surface area contributed by atoms with Crippen LogP contribution in [0.15, 0.2) is 16.7 Å². The molecule has 0 bridgehead atoms. The Balaban J connectivity index is 2.16. The second kappa shape index (κ2) is 4.91. The number of halogens is 1. The lowest BCUT2D eigenvalue weighted by atomic mass is 10.2. The van der Waals surface area contributed by atoms with Crippen molar-refractivity contribution in [3.63, 3.8) is 0 Å². The zero-order valence-electron chi connectivity index (χ0n) is 9.40. The number of nitrogens with one attached hydrogen (secondary N) is 1. The van der Waals surface area contributed by atoms with Gasteiger partial charge in [0.05, 0.1) is 7.11 Å². The summed E-state index contributed by atoms with van der Waals surface area (Å²) in [5.74, 6) is -0.509. The van der Waals surface area contributed by atoms with E-state index < -0.39 is 6.04 Å². The predicted molar refractivity (Wildman–Crippen MR) is 64.6 cm³/mol. The van der Waals surface area contributed by atoms with Gasteiger partial charge in [0.1, 0.15) is 11.7 Å². The minimum Gasteiger partial charge on any atom is -0.467 e. The molecule has 0 radical (unpaired) electrons. The van der Waals surface area contributed by atoms with Gasteiger partial charge in [0.2, 0.25) is 0 Å². The SMILES string of the molecule is COC(=O)C1CCCN1C(=O)c1cc(Br)c[nH]1. The molecule has 1 aliphatic heterocycles. The maximum Gasteiger partial charge on any atom is 0.328 e. The lowest BCUT2D eigenvalue weighted by Gasteiger charge is -2.21. The van der Waals surface area contributed by atoms with Crippen molar-refractivity contribution < 1.29 is 14.3 Å². The third kappa shape index (κ3) is 2.36. The largest absolute Gasteiger partial charge is 0.467 e. The van der Waals surface area contributed by atoms with Crippen molar-refractivity contribution in [1.82, 2.24) is 9.88 Å². The molecule has 92 valence electrons. The summed E-state index contributed by atoms with van der Waals surface area (Å²) >= 11 is 3.27. The van der Waals surface area contributed by atoms with Gasteiger partial charge in [-0.1, -0.05) is 0 Å². The van der Waals surface area contributed by atoms with Gasteiger partial charge in [0.15, 0.2) is 0 Å². The topological polar surface area (TPSA) is 62.4 Å². The number of ether oxygens (including phenoxy) is 1. The molecule has 0 aromatic carbocycles. The molecule has 17 heavy (non-hydrogen) atoms. The number of hydrogen-bond acceptors (Lipinski definition) is 3. The molecule has 1 aromatic rings. The van der Waals surface area contributed by atoms with Gasteiger partial charge in [0.25, 0.3) is 5.91 Å². The molecule has 1 unspecified atom stereocenters. The molecule has 1 aromatic heterocycles. The standard InChI is InChI=1S/C11H13BrN2O3/c1-17-11(16)9-3-2-4-14(9)10(15)8-5-7(12)6-13-8/h5-6,9,13H,2-4H2,1H3. The average Bonchev–Trinajstić information content (AvgIpc) is 2.95. The van der Waals surface area contributed by atoms with E-state index in [1.807, 2.05) is 0 Å². The molecule has 1 amide bonds. The van der Waals surface area contributed by atoms with Crippen LogP contribution in [0, 0.1) is 0 Å². The molecule has 1 fully saturated rings. The maximum atomic E-state index is 12.2. The van der Waals surface area contributed by atoms with Gasteiger partial charge in [-0.3, -0.25) is 4.79 Å². The van der Waals surface area contributed by atoms with E-state index in [-0.39, 0.29) is 11.9 Å². The molecule has 1 aliphatic rings. The summed E-state index contributed by atoms with van der Waals surface area (Å²) in [6, 6.07) is 1.25. The summed E-state index contributed by atoms with van der Waals surface area (Å²) in [6.07, 6.45) is 3.18. The smallest absolute Gasteiger partial charge is 0.328 e.